The molecule has 2 aromatic carbocycles. The molecule has 0 saturated heterocycles. The molecule has 1 aliphatic heterocycles. The van der Waals surface area contributed by atoms with Crippen molar-refractivity contribution in [2.24, 2.45) is 5.10 Å². The highest BCUT2D eigenvalue weighted by molar-refractivity contribution is 6.39. The van der Waals surface area contributed by atoms with Gasteiger partial charge < -0.3 is 10.1 Å². The van der Waals surface area contributed by atoms with Crippen LogP contribution in [0.3, 0.4) is 0 Å². The number of aryl methyl sites for hydroxylation is 1. The molecule has 0 fully saturated rings. The molecule has 0 aromatic heterocycles. The summed E-state index contributed by atoms with van der Waals surface area (Å²) in [6.07, 6.45) is 0.750. The second kappa shape index (κ2) is 7.70. The van der Waals surface area contributed by atoms with Crippen molar-refractivity contribution in [1.82, 2.24) is 5.32 Å². The monoisotopic (exact) mass is 348 g/mol. The molecule has 1 N–H and O–H groups in total. The lowest BCUT2D eigenvalue weighted by atomic mass is 10.1. The number of benzene rings is 2. The van der Waals surface area contributed by atoms with E-state index >= 15 is 0 Å². The Labute approximate surface area is 152 Å². The van der Waals surface area contributed by atoms with E-state index in [0.717, 1.165) is 22.7 Å². The maximum absolute atomic E-state index is 11.9. The SMILES string of the molecule is CNC(=O)C1=NN(c2ccc(Oc3ccccc3C)cc2)C(CC#N)C1. The quantitative estimate of drug-likeness (QED) is 0.898. The number of ether oxygens (including phenoxy) is 1. The number of anilines is 1. The number of rotatable bonds is 5. The van der Waals surface area contributed by atoms with Crippen LogP contribution in [-0.4, -0.2) is 24.7 Å². The lowest BCUT2D eigenvalue weighted by Gasteiger charge is -2.21. The van der Waals surface area contributed by atoms with E-state index in [0.29, 0.717) is 18.6 Å². The summed E-state index contributed by atoms with van der Waals surface area (Å²) >= 11 is 0. The molecule has 0 aliphatic carbocycles. The predicted molar refractivity (Wildman–Crippen MR) is 100 cm³/mol. The van der Waals surface area contributed by atoms with Gasteiger partial charge in [-0.15, -0.1) is 0 Å². The molecule has 0 radical (unpaired) electrons. The van der Waals surface area contributed by atoms with E-state index in [9.17, 15) is 4.79 Å². The zero-order valence-electron chi connectivity index (χ0n) is 14.8. The van der Waals surface area contributed by atoms with Gasteiger partial charge in [0.1, 0.15) is 17.2 Å². The van der Waals surface area contributed by atoms with Crippen LogP contribution in [0.4, 0.5) is 5.69 Å². The van der Waals surface area contributed by atoms with E-state index in [1.165, 1.54) is 0 Å². The van der Waals surface area contributed by atoms with Gasteiger partial charge in [0.05, 0.1) is 24.2 Å². The fourth-order valence-corrected chi connectivity index (χ4v) is 2.84. The number of hydrazone groups is 1. The lowest BCUT2D eigenvalue weighted by Crippen LogP contribution is -2.28. The highest BCUT2D eigenvalue weighted by atomic mass is 16.5. The van der Waals surface area contributed by atoms with Gasteiger partial charge in [0.2, 0.25) is 0 Å². The minimum absolute atomic E-state index is 0.143. The standard InChI is InChI=1S/C20H20N4O2/c1-14-5-3-4-6-19(14)26-17-9-7-15(8-10-17)24-16(11-12-21)13-18(23-24)20(25)22-2/h3-10,16H,11,13H2,1-2H3,(H,22,25). The first-order chi connectivity index (χ1) is 12.6. The van der Waals surface area contributed by atoms with Crippen molar-refractivity contribution in [3.8, 4) is 17.6 Å². The summed E-state index contributed by atoms with van der Waals surface area (Å²) in [5.74, 6) is 1.31. The molecular formula is C20H20N4O2. The van der Waals surface area contributed by atoms with Crippen molar-refractivity contribution < 1.29 is 9.53 Å². The summed E-state index contributed by atoms with van der Waals surface area (Å²) in [6.45, 7) is 2.00. The minimum Gasteiger partial charge on any atom is -0.457 e. The van der Waals surface area contributed by atoms with Crippen molar-refractivity contribution in [2.45, 2.75) is 25.8 Å². The lowest BCUT2D eigenvalue weighted by molar-refractivity contribution is -0.114. The normalized spacial score (nSPS) is 16.0. The second-order valence-electron chi connectivity index (χ2n) is 6.05. The molecule has 0 spiro atoms. The number of nitrogens with zero attached hydrogens (tertiary/aromatic N) is 3. The van der Waals surface area contributed by atoms with E-state index < -0.39 is 0 Å². The van der Waals surface area contributed by atoms with E-state index in [2.05, 4.69) is 16.5 Å². The van der Waals surface area contributed by atoms with Gasteiger partial charge >= 0.3 is 0 Å². The minimum atomic E-state index is -0.213. The molecule has 1 unspecified atom stereocenters. The molecule has 1 amide bonds. The van der Waals surface area contributed by atoms with E-state index in [4.69, 9.17) is 10.00 Å². The predicted octanol–water partition coefficient (Wildman–Crippen LogP) is 3.38. The van der Waals surface area contributed by atoms with Crippen molar-refractivity contribution >= 4 is 17.3 Å². The summed E-state index contributed by atoms with van der Waals surface area (Å²) in [5, 5.41) is 17.8. The van der Waals surface area contributed by atoms with Gasteiger partial charge in [-0.3, -0.25) is 9.80 Å². The van der Waals surface area contributed by atoms with Crippen LogP contribution in [0.1, 0.15) is 18.4 Å². The highest BCUT2D eigenvalue weighted by Crippen LogP contribution is 2.30. The van der Waals surface area contributed by atoms with Crippen LogP contribution in [0.2, 0.25) is 0 Å². The van der Waals surface area contributed by atoms with Gasteiger partial charge in [0, 0.05) is 13.5 Å². The number of nitriles is 1. The van der Waals surface area contributed by atoms with Gasteiger partial charge in [0.15, 0.2) is 0 Å². The average Bonchev–Trinajstić information content (AvgIpc) is 3.08. The summed E-state index contributed by atoms with van der Waals surface area (Å²) in [4.78, 5) is 11.9. The summed E-state index contributed by atoms with van der Waals surface area (Å²) in [5.41, 5.74) is 2.32. The zero-order chi connectivity index (χ0) is 18.5. The van der Waals surface area contributed by atoms with E-state index in [-0.39, 0.29) is 11.9 Å². The number of carbonyl (C=O) groups excluding carboxylic acids is 1. The highest BCUT2D eigenvalue weighted by Gasteiger charge is 2.30. The molecule has 2 aromatic rings. The molecule has 3 rings (SSSR count). The number of amides is 1. The van der Waals surface area contributed by atoms with Gasteiger partial charge in [-0.2, -0.15) is 10.4 Å². The van der Waals surface area contributed by atoms with Crippen molar-refractivity contribution in [3.05, 3.63) is 54.1 Å². The van der Waals surface area contributed by atoms with Gasteiger partial charge in [-0.25, -0.2) is 0 Å². The second-order valence-corrected chi connectivity index (χ2v) is 6.05. The molecule has 0 saturated carbocycles. The van der Waals surface area contributed by atoms with Crippen LogP contribution in [0, 0.1) is 18.3 Å². The number of carbonyl (C=O) groups is 1. The summed E-state index contributed by atoms with van der Waals surface area (Å²) in [7, 11) is 1.57. The Hall–Kier alpha value is -3.33. The van der Waals surface area contributed by atoms with Gasteiger partial charge in [-0.05, 0) is 42.8 Å². The van der Waals surface area contributed by atoms with Crippen molar-refractivity contribution in [2.75, 3.05) is 12.1 Å². The van der Waals surface area contributed by atoms with E-state index in [1.807, 2.05) is 55.5 Å². The summed E-state index contributed by atoms with van der Waals surface area (Å²) < 4.78 is 5.91. The Morgan fingerprint density at radius 1 is 1.31 bits per heavy atom. The third-order valence-corrected chi connectivity index (χ3v) is 4.24. The van der Waals surface area contributed by atoms with Gasteiger partial charge in [-0.1, -0.05) is 18.2 Å². The molecule has 6 nitrogen and oxygen atoms in total. The summed E-state index contributed by atoms with van der Waals surface area (Å²) in [6, 6.07) is 17.3. The van der Waals surface area contributed by atoms with Crippen molar-refractivity contribution in [3.63, 3.8) is 0 Å². The Morgan fingerprint density at radius 3 is 2.69 bits per heavy atom. The number of hydrogen-bond donors (Lipinski definition) is 1. The average molecular weight is 348 g/mol. The first-order valence-electron chi connectivity index (χ1n) is 8.41. The van der Waals surface area contributed by atoms with Crippen LogP contribution < -0.4 is 15.1 Å². The maximum atomic E-state index is 11.9. The first kappa shape index (κ1) is 17.5. The first-order valence-corrected chi connectivity index (χ1v) is 8.41. The largest absolute Gasteiger partial charge is 0.457 e. The topological polar surface area (TPSA) is 77.7 Å². The maximum Gasteiger partial charge on any atom is 0.267 e. The van der Waals surface area contributed by atoms with Gasteiger partial charge in [0.25, 0.3) is 5.91 Å². The zero-order valence-corrected chi connectivity index (χ0v) is 14.8. The number of hydrogen-bond acceptors (Lipinski definition) is 5. The molecule has 0 bridgehead atoms. The Bertz CT molecular complexity index is 868. The molecule has 26 heavy (non-hydrogen) atoms. The molecule has 1 aliphatic rings. The number of para-hydroxylation sites is 1. The Morgan fingerprint density at radius 2 is 2.04 bits per heavy atom. The van der Waals surface area contributed by atoms with Crippen LogP contribution in [0.5, 0.6) is 11.5 Å². The Kier molecular flexibility index (Phi) is 5.18. The molecule has 6 heteroatoms. The molecular weight excluding hydrogens is 328 g/mol. The fraction of sp³-hybridized carbons (Fsp3) is 0.250. The fourth-order valence-electron chi connectivity index (χ4n) is 2.84. The van der Waals surface area contributed by atoms with Crippen LogP contribution >= 0.6 is 0 Å². The third-order valence-electron chi connectivity index (χ3n) is 4.24. The third kappa shape index (κ3) is 3.67. The molecule has 1 atom stereocenters. The Balaban J connectivity index is 1.80. The van der Waals surface area contributed by atoms with Crippen LogP contribution in [0.15, 0.2) is 53.6 Å². The van der Waals surface area contributed by atoms with Crippen molar-refractivity contribution in [1.29, 1.82) is 5.26 Å². The molecule has 132 valence electrons. The van der Waals surface area contributed by atoms with E-state index in [1.54, 1.807) is 12.1 Å². The van der Waals surface area contributed by atoms with Crippen LogP contribution in [0.25, 0.3) is 0 Å². The van der Waals surface area contributed by atoms with Crippen LogP contribution in [-0.2, 0) is 4.79 Å². The smallest absolute Gasteiger partial charge is 0.267 e. The number of nitrogens with one attached hydrogen (secondary N) is 1. The molecule has 1 heterocycles.